The summed E-state index contributed by atoms with van der Waals surface area (Å²) in [6.45, 7) is 1.91. The SMILES string of the molecule is CNC(=O)CCOC(=O)c1cc(C)cc(N)c1. The van der Waals surface area contributed by atoms with Crippen LogP contribution in [0.3, 0.4) is 0 Å². The molecule has 0 saturated heterocycles. The molecule has 1 aromatic carbocycles. The normalized spacial score (nSPS) is 9.76. The van der Waals surface area contributed by atoms with Crippen molar-refractivity contribution in [2.24, 2.45) is 0 Å². The Morgan fingerprint density at radius 2 is 2.06 bits per heavy atom. The van der Waals surface area contributed by atoms with Crippen LogP contribution in [0.1, 0.15) is 22.3 Å². The molecule has 0 unspecified atom stereocenters. The largest absolute Gasteiger partial charge is 0.462 e. The Balaban J connectivity index is 2.55. The molecule has 0 saturated carbocycles. The average Bonchev–Trinajstić information content (AvgIpc) is 2.27. The number of carbonyl (C=O) groups is 2. The predicted molar refractivity (Wildman–Crippen MR) is 64.6 cm³/mol. The molecule has 0 aliphatic carbocycles. The summed E-state index contributed by atoms with van der Waals surface area (Å²) in [5.74, 6) is -0.633. The van der Waals surface area contributed by atoms with E-state index in [1.807, 2.05) is 6.92 Å². The number of anilines is 1. The zero-order chi connectivity index (χ0) is 12.8. The molecule has 0 radical (unpaired) electrons. The van der Waals surface area contributed by atoms with Crippen LogP contribution in [0.2, 0.25) is 0 Å². The van der Waals surface area contributed by atoms with Gasteiger partial charge in [-0.15, -0.1) is 0 Å². The van der Waals surface area contributed by atoms with E-state index in [9.17, 15) is 9.59 Å². The first-order valence-electron chi connectivity index (χ1n) is 5.28. The first kappa shape index (κ1) is 13.0. The maximum atomic E-state index is 11.6. The summed E-state index contributed by atoms with van der Waals surface area (Å²) in [4.78, 5) is 22.5. The van der Waals surface area contributed by atoms with Gasteiger partial charge in [0.05, 0.1) is 12.0 Å². The lowest BCUT2D eigenvalue weighted by Crippen LogP contribution is -2.20. The van der Waals surface area contributed by atoms with Crippen LogP contribution < -0.4 is 11.1 Å². The van der Waals surface area contributed by atoms with Gasteiger partial charge in [-0.05, 0) is 30.7 Å². The summed E-state index contributed by atoms with van der Waals surface area (Å²) in [7, 11) is 1.53. The number of ether oxygens (including phenoxy) is 1. The van der Waals surface area contributed by atoms with Crippen molar-refractivity contribution < 1.29 is 14.3 Å². The van der Waals surface area contributed by atoms with Crippen molar-refractivity contribution in [3.8, 4) is 0 Å². The first-order chi connectivity index (χ1) is 8.02. The summed E-state index contributed by atoms with van der Waals surface area (Å²) in [6.07, 6.45) is 0.156. The standard InChI is InChI=1S/C12H16N2O3/c1-8-5-9(7-10(13)6-8)12(16)17-4-3-11(15)14-2/h5-7H,3-4,13H2,1-2H3,(H,14,15). The fourth-order valence-electron chi connectivity index (χ4n) is 1.38. The van der Waals surface area contributed by atoms with E-state index < -0.39 is 5.97 Å². The third-order valence-corrected chi connectivity index (χ3v) is 2.18. The third kappa shape index (κ3) is 4.14. The Hall–Kier alpha value is -2.04. The van der Waals surface area contributed by atoms with Crippen molar-refractivity contribution in [3.05, 3.63) is 29.3 Å². The lowest BCUT2D eigenvalue weighted by Gasteiger charge is -2.06. The van der Waals surface area contributed by atoms with Gasteiger partial charge < -0.3 is 15.8 Å². The van der Waals surface area contributed by atoms with Crippen molar-refractivity contribution in [1.29, 1.82) is 0 Å². The number of benzene rings is 1. The Bertz CT molecular complexity index is 410. The summed E-state index contributed by atoms with van der Waals surface area (Å²) in [5, 5.41) is 2.45. The van der Waals surface area contributed by atoms with Crippen LogP contribution in [0, 0.1) is 6.92 Å². The molecule has 5 nitrogen and oxygen atoms in total. The molecule has 0 spiro atoms. The smallest absolute Gasteiger partial charge is 0.338 e. The summed E-state index contributed by atoms with van der Waals surface area (Å²) >= 11 is 0. The number of rotatable bonds is 4. The van der Waals surface area contributed by atoms with E-state index in [0.29, 0.717) is 11.3 Å². The number of hydrogen-bond donors (Lipinski definition) is 2. The van der Waals surface area contributed by atoms with E-state index in [1.165, 1.54) is 7.05 Å². The van der Waals surface area contributed by atoms with E-state index in [2.05, 4.69) is 5.32 Å². The fourth-order valence-corrected chi connectivity index (χ4v) is 1.38. The maximum absolute atomic E-state index is 11.6. The monoisotopic (exact) mass is 236 g/mol. The molecule has 1 amide bonds. The van der Waals surface area contributed by atoms with Crippen LogP contribution in [-0.2, 0) is 9.53 Å². The average molecular weight is 236 g/mol. The molecule has 0 atom stereocenters. The molecular formula is C12H16N2O3. The number of amides is 1. The van der Waals surface area contributed by atoms with E-state index in [-0.39, 0.29) is 18.9 Å². The minimum absolute atomic E-state index is 0.0619. The van der Waals surface area contributed by atoms with Gasteiger partial charge in [-0.3, -0.25) is 4.79 Å². The molecule has 0 fully saturated rings. The highest BCUT2D eigenvalue weighted by Gasteiger charge is 2.09. The summed E-state index contributed by atoms with van der Waals surface area (Å²) in [5.41, 5.74) is 7.43. The molecule has 0 aliphatic rings. The third-order valence-electron chi connectivity index (χ3n) is 2.18. The van der Waals surface area contributed by atoms with Crippen LogP contribution in [-0.4, -0.2) is 25.5 Å². The lowest BCUT2D eigenvalue weighted by atomic mass is 10.1. The second kappa shape index (κ2) is 5.89. The van der Waals surface area contributed by atoms with Gasteiger partial charge in [-0.25, -0.2) is 4.79 Å². The predicted octanol–water partition coefficient (Wildman–Crippen LogP) is 0.870. The number of nitrogens with one attached hydrogen (secondary N) is 1. The van der Waals surface area contributed by atoms with Gasteiger partial charge in [0.25, 0.3) is 0 Å². The Morgan fingerprint density at radius 3 is 2.65 bits per heavy atom. The first-order valence-corrected chi connectivity index (χ1v) is 5.28. The highest BCUT2D eigenvalue weighted by molar-refractivity contribution is 5.90. The maximum Gasteiger partial charge on any atom is 0.338 e. The van der Waals surface area contributed by atoms with Crippen molar-refractivity contribution in [2.45, 2.75) is 13.3 Å². The van der Waals surface area contributed by atoms with Crippen LogP contribution >= 0.6 is 0 Å². The number of esters is 1. The van der Waals surface area contributed by atoms with Gasteiger partial charge in [0.15, 0.2) is 0 Å². The number of nitrogen functional groups attached to an aromatic ring is 1. The van der Waals surface area contributed by atoms with Crippen molar-refractivity contribution in [3.63, 3.8) is 0 Å². The molecule has 92 valence electrons. The highest BCUT2D eigenvalue weighted by Crippen LogP contribution is 2.12. The highest BCUT2D eigenvalue weighted by atomic mass is 16.5. The minimum Gasteiger partial charge on any atom is -0.462 e. The summed E-state index contributed by atoms with van der Waals surface area (Å²) < 4.78 is 4.96. The zero-order valence-corrected chi connectivity index (χ0v) is 9.95. The second-order valence-corrected chi connectivity index (χ2v) is 3.69. The van der Waals surface area contributed by atoms with E-state index >= 15 is 0 Å². The van der Waals surface area contributed by atoms with E-state index in [4.69, 9.17) is 10.5 Å². The molecule has 3 N–H and O–H groups in total. The van der Waals surface area contributed by atoms with E-state index in [1.54, 1.807) is 18.2 Å². The van der Waals surface area contributed by atoms with Crippen molar-refractivity contribution >= 4 is 17.6 Å². The number of aryl methyl sites for hydroxylation is 1. The van der Waals surface area contributed by atoms with Gasteiger partial charge in [0, 0.05) is 12.7 Å². The Kier molecular flexibility index (Phi) is 4.51. The van der Waals surface area contributed by atoms with Gasteiger partial charge in [0.1, 0.15) is 6.61 Å². The molecule has 17 heavy (non-hydrogen) atoms. The molecule has 0 bridgehead atoms. The number of nitrogens with two attached hydrogens (primary N) is 1. The van der Waals surface area contributed by atoms with Gasteiger partial charge in [0.2, 0.25) is 5.91 Å². The van der Waals surface area contributed by atoms with Gasteiger partial charge in [-0.2, -0.15) is 0 Å². The topological polar surface area (TPSA) is 81.4 Å². The molecule has 1 aromatic rings. The molecule has 5 heteroatoms. The molecule has 0 aromatic heterocycles. The lowest BCUT2D eigenvalue weighted by molar-refractivity contribution is -0.121. The number of carbonyl (C=O) groups excluding carboxylic acids is 2. The van der Waals surface area contributed by atoms with Crippen LogP contribution in [0.5, 0.6) is 0 Å². The zero-order valence-electron chi connectivity index (χ0n) is 9.95. The Labute approximate surface area is 99.9 Å². The van der Waals surface area contributed by atoms with Crippen molar-refractivity contribution in [2.75, 3.05) is 19.4 Å². The van der Waals surface area contributed by atoms with Gasteiger partial charge >= 0.3 is 5.97 Å². The molecule has 0 aliphatic heterocycles. The van der Waals surface area contributed by atoms with Crippen molar-refractivity contribution in [1.82, 2.24) is 5.32 Å². The molecular weight excluding hydrogens is 220 g/mol. The fraction of sp³-hybridized carbons (Fsp3) is 0.333. The minimum atomic E-state index is -0.468. The van der Waals surface area contributed by atoms with Crippen LogP contribution in [0.4, 0.5) is 5.69 Å². The van der Waals surface area contributed by atoms with Gasteiger partial charge in [-0.1, -0.05) is 0 Å². The quantitative estimate of drug-likeness (QED) is 0.600. The molecule has 0 heterocycles. The summed E-state index contributed by atoms with van der Waals surface area (Å²) in [6, 6.07) is 5.01. The van der Waals surface area contributed by atoms with E-state index in [0.717, 1.165) is 5.56 Å². The Morgan fingerprint density at radius 1 is 1.35 bits per heavy atom. The number of hydrogen-bond acceptors (Lipinski definition) is 4. The van der Waals surface area contributed by atoms with Crippen LogP contribution in [0.15, 0.2) is 18.2 Å². The van der Waals surface area contributed by atoms with Crippen LogP contribution in [0.25, 0.3) is 0 Å². The molecule has 1 rings (SSSR count). The second-order valence-electron chi connectivity index (χ2n) is 3.69.